The molecule has 1 aromatic carbocycles. The largest absolute Gasteiger partial charge is 0.462 e. The Kier molecular flexibility index (Phi) is 2.35. The van der Waals surface area contributed by atoms with Crippen LogP contribution in [0.1, 0.15) is 12.5 Å². The van der Waals surface area contributed by atoms with Crippen molar-refractivity contribution in [2.45, 2.75) is 6.92 Å². The minimum Gasteiger partial charge on any atom is -0.462 e. The van der Waals surface area contributed by atoms with E-state index in [1.54, 1.807) is 0 Å². The third-order valence-electron chi connectivity index (χ3n) is 2.35. The van der Waals surface area contributed by atoms with Gasteiger partial charge in [0.1, 0.15) is 0 Å². The number of carbonyl (C=O) groups is 1. The van der Waals surface area contributed by atoms with Crippen LogP contribution < -0.4 is 0 Å². The molecule has 1 atom stereocenters. The van der Waals surface area contributed by atoms with Crippen molar-refractivity contribution in [3.8, 4) is 0 Å². The maximum Gasteiger partial charge on any atom is 0.334 e. The lowest BCUT2D eigenvalue weighted by Crippen LogP contribution is -1.98. The van der Waals surface area contributed by atoms with Gasteiger partial charge in [0.2, 0.25) is 0 Å². The van der Waals surface area contributed by atoms with Gasteiger partial charge in [-0.1, -0.05) is 37.3 Å². The summed E-state index contributed by atoms with van der Waals surface area (Å²) in [4.78, 5) is 11.3. The maximum absolute atomic E-state index is 11.3. The number of hydrogen-bond donors (Lipinski definition) is 0. The van der Waals surface area contributed by atoms with Gasteiger partial charge in [0.15, 0.2) is 0 Å². The Hall–Kier alpha value is -1.57. The van der Waals surface area contributed by atoms with Crippen LogP contribution in [0, 0.1) is 5.92 Å². The van der Waals surface area contributed by atoms with E-state index in [2.05, 4.69) is 0 Å². The third-order valence-corrected chi connectivity index (χ3v) is 2.35. The minimum absolute atomic E-state index is 0.179. The first-order chi connectivity index (χ1) is 6.77. The zero-order valence-corrected chi connectivity index (χ0v) is 8.07. The second-order valence-corrected chi connectivity index (χ2v) is 3.51. The zero-order chi connectivity index (χ0) is 9.97. The van der Waals surface area contributed by atoms with Gasteiger partial charge < -0.3 is 4.74 Å². The molecule has 0 aliphatic carbocycles. The number of carbonyl (C=O) groups excluding carboxylic acids is 1. The minimum atomic E-state index is -0.179. The maximum atomic E-state index is 11.3. The SMILES string of the molecule is CC1COC(=O)/C1=C/c1ccccc1. The fourth-order valence-electron chi connectivity index (χ4n) is 1.50. The lowest BCUT2D eigenvalue weighted by atomic mass is 10.0. The molecule has 2 nitrogen and oxygen atoms in total. The Morgan fingerprint density at radius 3 is 2.64 bits per heavy atom. The van der Waals surface area contributed by atoms with Crippen molar-refractivity contribution in [2.75, 3.05) is 6.61 Å². The fourth-order valence-corrected chi connectivity index (χ4v) is 1.50. The van der Waals surface area contributed by atoms with Crippen molar-refractivity contribution in [3.05, 3.63) is 41.5 Å². The summed E-state index contributed by atoms with van der Waals surface area (Å²) in [5, 5.41) is 0. The molecule has 2 heteroatoms. The van der Waals surface area contributed by atoms with Gasteiger partial charge in [-0.2, -0.15) is 0 Å². The summed E-state index contributed by atoms with van der Waals surface area (Å²) in [6.07, 6.45) is 1.90. The molecular weight excluding hydrogens is 176 g/mol. The van der Waals surface area contributed by atoms with Gasteiger partial charge in [0.05, 0.1) is 6.61 Å². The topological polar surface area (TPSA) is 26.3 Å². The molecule has 1 saturated heterocycles. The highest BCUT2D eigenvalue weighted by Crippen LogP contribution is 2.22. The molecule has 14 heavy (non-hydrogen) atoms. The molecule has 1 aliphatic rings. The molecule has 2 rings (SSSR count). The van der Waals surface area contributed by atoms with Crippen LogP contribution in [0.4, 0.5) is 0 Å². The smallest absolute Gasteiger partial charge is 0.334 e. The predicted octanol–water partition coefficient (Wildman–Crippen LogP) is 2.26. The summed E-state index contributed by atoms with van der Waals surface area (Å²) >= 11 is 0. The van der Waals surface area contributed by atoms with Crippen LogP contribution in [-0.4, -0.2) is 12.6 Å². The Morgan fingerprint density at radius 2 is 2.07 bits per heavy atom. The number of benzene rings is 1. The molecule has 0 aromatic heterocycles. The molecular formula is C12H12O2. The Morgan fingerprint density at radius 1 is 1.36 bits per heavy atom. The van der Waals surface area contributed by atoms with Gasteiger partial charge in [-0.3, -0.25) is 0 Å². The summed E-state index contributed by atoms with van der Waals surface area (Å²) in [5.74, 6) is 0.0315. The van der Waals surface area contributed by atoms with Gasteiger partial charge >= 0.3 is 5.97 Å². The van der Waals surface area contributed by atoms with Crippen molar-refractivity contribution in [1.29, 1.82) is 0 Å². The number of ether oxygens (including phenoxy) is 1. The lowest BCUT2D eigenvalue weighted by molar-refractivity contribution is -0.135. The van der Waals surface area contributed by atoms with Crippen LogP contribution in [-0.2, 0) is 9.53 Å². The van der Waals surface area contributed by atoms with Crippen LogP contribution in [0.25, 0.3) is 6.08 Å². The first-order valence-corrected chi connectivity index (χ1v) is 4.71. The predicted molar refractivity (Wildman–Crippen MR) is 54.5 cm³/mol. The van der Waals surface area contributed by atoms with E-state index < -0.39 is 0 Å². The highest BCUT2D eigenvalue weighted by Gasteiger charge is 2.26. The number of cyclic esters (lactones) is 1. The monoisotopic (exact) mass is 188 g/mol. The standard InChI is InChI=1S/C12H12O2/c1-9-8-14-12(13)11(9)7-10-5-3-2-4-6-10/h2-7,9H,8H2,1H3/b11-7+. The van der Waals surface area contributed by atoms with Gasteiger partial charge in [0.25, 0.3) is 0 Å². The van der Waals surface area contributed by atoms with E-state index in [1.807, 2.05) is 43.3 Å². The first kappa shape index (κ1) is 9.00. The van der Waals surface area contributed by atoms with Crippen molar-refractivity contribution in [2.24, 2.45) is 5.92 Å². The summed E-state index contributed by atoms with van der Waals surface area (Å²) in [7, 11) is 0. The highest BCUT2D eigenvalue weighted by atomic mass is 16.5. The van der Waals surface area contributed by atoms with Crippen molar-refractivity contribution < 1.29 is 9.53 Å². The molecule has 0 saturated carbocycles. The van der Waals surface area contributed by atoms with E-state index in [0.717, 1.165) is 11.1 Å². The normalized spacial score (nSPS) is 23.9. The molecule has 1 aliphatic heterocycles. The van der Waals surface area contributed by atoms with E-state index in [9.17, 15) is 4.79 Å². The highest BCUT2D eigenvalue weighted by molar-refractivity contribution is 5.95. The van der Waals surface area contributed by atoms with Gasteiger partial charge in [-0.25, -0.2) is 4.79 Å². The number of esters is 1. The molecule has 0 bridgehead atoms. The van der Waals surface area contributed by atoms with Crippen LogP contribution in [0.2, 0.25) is 0 Å². The molecule has 0 spiro atoms. The summed E-state index contributed by atoms with van der Waals surface area (Å²) < 4.78 is 4.94. The number of hydrogen-bond acceptors (Lipinski definition) is 2. The van der Waals surface area contributed by atoms with Crippen molar-refractivity contribution >= 4 is 12.0 Å². The van der Waals surface area contributed by atoms with E-state index in [1.165, 1.54) is 0 Å². The average Bonchev–Trinajstić information content (AvgIpc) is 2.51. The fraction of sp³-hybridized carbons (Fsp3) is 0.250. The van der Waals surface area contributed by atoms with E-state index in [-0.39, 0.29) is 11.9 Å². The second kappa shape index (κ2) is 3.66. The Bertz CT molecular complexity index is 365. The van der Waals surface area contributed by atoms with Gasteiger partial charge in [-0.15, -0.1) is 0 Å². The van der Waals surface area contributed by atoms with E-state index in [4.69, 9.17) is 4.74 Å². The molecule has 0 N–H and O–H groups in total. The average molecular weight is 188 g/mol. The van der Waals surface area contributed by atoms with E-state index >= 15 is 0 Å². The molecule has 0 radical (unpaired) electrons. The van der Waals surface area contributed by atoms with Crippen LogP contribution in [0.3, 0.4) is 0 Å². The Labute approximate surface area is 83.2 Å². The van der Waals surface area contributed by atoms with Crippen LogP contribution >= 0.6 is 0 Å². The molecule has 72 valence electrons. The number of rotatable bonds is 1. The molecule has 1 heterocycles. The lowest BCUT2D eigenvalue weighted by Gasteiger charge is -1.98. The first-order valence-electron chi connectivity index (χ1n) is 4.71. The molecule has 1 aromatic rings. The quantitative estimate of drug-likeness (QED) is 0.499. The second-order valence-electron chi connectivity index (χ2n) is 3.51. The van der Waals surface area contributed by atoms with Gasteiger partial charge in [0, 0.05) is 11.5 Å². The summed E-state index contributed by atoms with van der Waals surface area (Å²) in [5.41, 5.74) is 1.82. The Balaban J connectivity index is 2.30. The van der Waals surface area contributed by atoms with Crippen LogP contribution in [0.5, 0.6) is 0 Å². The molecule has 1 fully saturated rings. The molecule has 1 unspecified atom stereocenters. The summed E-state index contributed by atoms with van der Waals surface area (Å²) in [6, 6.07) is 9.82. The molecule has 0 amide bonds. The van der Waals surface area contributed by atoms with Gasteiger partial charge in [-0.05, 0) is 11.6 Å². The zero-order valence-electron chi connectivity index (χ0n) is 8.07. The summed E-state index contributed by atoms with van der Waals surface area (Å²) in [6.45, 7) is 2.51. The van der Waals surface area contributed by atoms with Crippen molar-refractivity contribution in [1.82, 2.24) is 0 Å². The third kappa shape index (κ3) is 1.69. The van der Waals surface area contributed by atoms with E-state index in [0.29, 0.717) is 6.61 Å². The van der Waals surface area contributed by atoms with Crippen molar-refractivity contribution in [3.63, 3.8) is 0 Å². The van der Waals surface area contributed by atoms with Crippen LogP contribution in [0.15, 0.2) is 35.9 Å².